The van der Waals surface area contributed by atoms with Crippen LogP contribution < -0.4 is 5.73 Å². The molecule has 0 aliphatic heterocycles. The minimum atomic E-state index is -4.60. The van der Waals surface area contributed by atoms with Crippen molar-refractivity contribution in [3.05, 3.63) is 46.7 Å². The van der Waals surface area contributed by atoms with Gasteiger partial charge in [-0.25, -0.2) is 9.50 Å². The monoisotopic (exact) mass is 354 g/mol. The van der Waals surface area contributed by atoms with Gasteiger partial charge in [0.2, 0.25) is 0 Å². The molecule has 0 bridgehead atoms. The number of azo groups is 1. The van der Waals surface area contributed by atoms with Crippen LogP contribution in [0, 0.1) is 6.92 Å². The van der Waals surface area contributed by atoms with Gasteiger partial charge in [0.15, 0.2) is 17.2 Å². The van der Waals surface area contributed by atoms with Crippen LogP contribution in [0.25, 0.3) is 5.65 Å². The zero-order valence-corrected chi connectivity index (χ0v) is 13.0. The Kier molecular flexibility index (Phi) is 3.88. The fraction of sp³-hybridized carbons (Fsp3) is 0.143. The lowest BCUT2D eigenvalue weighted by Gasteiger charge is -2.09. The summed E-state index contributed by atoms with van der Waals surface area (Å²) in [6.45, 7) is 1.44. The van der Waals surface area contributed by atoms with E-state index in [1.54, 1.807) is 24.3 Å². The van der Waals surface area contributed by atoms with Gasteiger partial charge in [-0.3, -0.25) is 0 Å². The Hall–Kier alpha value is -2.68. The van der Waals surface area contributed by atoms with Crippen LogP contribution in [-0.4, -0.2) is 14.6 Å². The van der Waals surface area contributed by atoms with Gasteiger partial charge < -0.3 is 5.73 Å². The summed E-state index contributed by atoms with van der Waals surface area (Å²) in [5, 5.41) is 12.0. The third-order valence-corrected chi connectivity index (χ3v) is 3.35. The highest BCUT2D eigenvalue weighted by molar-refractivity contribution is 6.30. The highest BCUT2D eigenvalue weighted by Crippen LogP contribution is 2.34. The molecule has 2 N–H and O–H groups in total. The molecule has 0 saturated heterocycles. The van der Waals surface area contributed by atoms with Gasteiger partial charge >= 0.3 is 6.18 Å². The van der Waals surface area contributed by atoms with Crippen molar-refractivity contribution in [2.24, 2.45) is 10.2 Å². The molecule has 0 unspecified atom stereocenters. The Morgan fingerprint density at radius 3 is 2.46 bits per heavy atom. The second-order valence-electron chi connectivity index (χ2n) is 4.93. The third-order valence-electron chi connectivity index (χ3n) is 3.10. The van der Waals surface area contributed by atoms with E-state index in [1.807, 2.05) is 0 Å². The molecule has 3 rings (SSSR count). The summed E-state index contributed by atoms with van der Waals surface area (Å²) in [5.74, 6) is -0.198. The smallest absolute Gasteiger partial charge is 0.380 e. The van der Waals surface area contributed by atoms with Crippen LogP contribution in [0.1, 0.15) is 11.4 Å². The predicted octanol–water partition coefficient (Wildman–Crippen LogP) is 4.71. The molecule has 6 nitrogen and oxygen atoms in total. The molecule has 3 aromatic rings. The first-order valence-electron chi connectivity index (χ1n) is 6.66. The van der Waals surface area contributed by atoms with E-state index >= 15 is 0 Å². The van der Waals surface area contributed by atoms with E-state index in [9.17, 15) is 13.2 Å². The van der Waals surface area contributed by atoms with Crippen LogP contribution in [0.15, 0.2) is 40.6 Å². The quantitative estimate of drug-likeness (QED) is 0.677. The number of nitrogens with two attached hydrogens (primary N) is 1. The summed E-state index contributed by atoms with van der Waals surface area (Å²) in [5.41, 5.74) is 5.19. The van der Waals surface area contributed by atoms with Crippen LogP contribution in [0.5, 0.6) is 0 Å². The van der Waals surface area contributed by atoms with Crippen molar-refractivity contribution >= 4 is 34.4 Å². The second kappa shape index (κ2) is 5.75. The fourth-order valence-electron chi connectivity index (χ4n) is 2.06. The molecule has 0 aliphatic rings. The van der Waals surface area contributed by atoms with E-state index in [1.165, 1.54) is 6.92 Å². The number of fused-ring (bicyclic) bond motifs is 1. The molecule has 24 heavy (non-hydrogen) atoms. The molecule has 1 aromatic carbocycles. The number of rotatable bonds is 2. The number of benzene rings is 1. The van der Waals surface area contributed by atoms with E-state index in [-0.39, 0.29) is 22.8 Å². The molecule has 124 valence electrons. The highest BCUT2D eigenvalue weighted by atomic mass is 35.5. The molecule has 0 atom stereocenters. The summed E-state index contributed by atoms with van der Waals surface area (Å²) < 4.78 is 40.0. The number of aromatic nitrogens is 3. The number of aryl methyl sites for hydroxylation is 1. The average molecular weight is 355 g/mol. The Morgan fingerprint density at radius 2 is 1.83 bits per heavy atom. The first kappa shape index (κ1) is 16.2. The molecular formula is C14H10ClF3N6. The van der Waals surface area contributed by atoms with Crippen LogP contribution in [-0.2, 0) is 6.18 Å². The Labute approximate surface area is 138 Å². The Morgan fingerprint density at radius 1 is 1.17 bits per heavy atom. The van der Waals surface area contributed by atoms with Crippen molar-refractivity contribution in [1.29, 1.82) is 0 Å². The predicted molar refractivity (Wildman–Crippen MR) is 82.8 cm³/mol. The fourth-order valence-corrected chi connectivity index (χ4v) is 2.18. The van der Waals surface area contributed by atoms with Gasteiger partial charge in [0.25, 0.3) is 0 Å². The molecule has 0 spiro atoms. The van der Waals surface area contributed by atoms with Gasteiger partial charge in [0, 0.05) is 10.7 Å². The summed E-state index contributed by atoms with van der Waals surface area (Å²) in [7, 11) is 0. The van der Waals surface area contributed by atoms with Crippen molar-refractivity contribution in [3.8, 4) is 0 Å². The lowest BCUT2D eigenvalue weighted by molar-refractivity contribution is -0.142. The number of nitrogens with zero attached hydrogens (tertiary/aromatic N) is 5. The van der Waals surface area contributed by atoms with Crippen LogP contribution in [0.3, 0.4) is 0 Å². The number of hydrogen-bond acceptors (Lipinski definition) is 5. The SMILES string of the molecule is Cc1cc(C(F)(F)F)n2nc(N)c(N=Nc3ccc(Cl)cc3)c2n1. The Balaban J connectivity index is 2.13. The molecule has 0 amide bonds. The lowest BCUT2D eigenvalue weighted by Crippen LogP contribution is -2.13. The normalized spacial score (nSPS) is 12.4. The van der Waals surface area contributed by atoms with E-state index in [2.05, 4.69) is 20.3 Å². The van der Waals surface area contributed by atoms with Crippen molar-refractivity contribution < 1.29 is 13.2 Å². The summed E-state index contributed by atoms with van der Waals surface area (Å²) in [6, 6.07) is 7.32. The van der Waals surface area contributed by atoms with Crippen molar-refractivity contribution in [2.75, 3.05) is 5.73 Å². The molecule has 10 heteroatoms. The molecular weight excluding hydrogens is 345 g/mol. The van der Waals surface area contributed by atoms with E-state index < -0.39 is 11.9 Å². The molecule has 0 fully saturated rings. The largest absolute Gasteiger partial charge is 0.433 e. The second-order valence-corrected chi connectivity index (χ2v) is 5.36. The summed E-state index contributed by atoms with van der Waals surface area (Å²) in [6.07, 6.45) is -4.60. The maximum atomic E-state index is 13.1. The number of anilines is 1. The molecule has 2 heterocycles. The molecule has 0 radical (unpaired) electrons. The van der Waals surface area contributed by atoms with Gasteiger partial charge in [-0.15, -0.1) is 10.2 Å². The van der Waals surface area contributed by atoms with E-state index in [4.69, 9.17) is 17.3 Å². The maximum absolute atomic E-state index is 13.1. The Bertz CT molecular complexity index is 930. The molecule has 2 aromatic heterocycles. The first-order chi connectivity index (χ1) is 11.3. The van der Waals surface area contributed by atoms with Gasteiger partial charge in [-0.2, -0.15) is 18.3 Å². The zero-order chi connectivity index (χ0) is 17.5. The van der Waals surface area contributed by atoms with Crippen molar-refractivity contribution in [3.63, 3.8) is 0 Å². The summed E-state index contributed by atoms with van der Waals surface area (Å²) >= 11 is 5.77. The van der Waals surface area contributed by atoms with Gasteiger partial charge in [0.1, 0.15) is 5.69 Å². The van der Waals surface area contributed by atoms with Gasteiger partial charge in [-0.1, -0.05) is 11.6 Å². The lowest BCUT2D eigenvalue weighted by atomic mass is 10.3. The van der Waals surface area contributed by atoms with Crippen molar-refractivity contribution in [2.45, 2.75) is 13.1 Å². The van der Waals surface area contributed by atoms with Crippen LogP contribution >= 0.6 is 11.6 Å². The number of hydrogen-bond donors (Lipinski definition) is 1. The van der Waals surface area contributed by atoms with Gasteiger partial charge in [0.05, 0.1) is 5.69 Å². The maximum Gasteiger partial charge on any atom is 0.433 e. The first-order valence-corrected chi connectivity index (χ1v) is 7.04. The summed E-state index contributed by atoms with van der Waals surface area (Å²) in [4.78, 5) is 4.04. The third kappa shape index (κ3) is 3.02. The topological polar surface area (TPSA) is 80.9 Å². The zero-order valence-electron chi connectivity index (χ0n) is 12.2. The van der Waals surface area contributed by atoms with Gasteiger partial charge in [-0.05, 0) is 37.3 Å². The number of nitrogen functional groups attached to an aromatic ring is 1. The number of alkyl halides is 3. The van der Waals surface area contributed by atoms with Crippen LogP contribution in [0.2, 0.25) is 5.02 Å². The van der Waals surface area contributed by atoms with E-state index in [0.717, 1.165) is 6.07 Å². The number of halogens is 4. The molecule has 0 aliphatic carbocycles. The standard InChI is InChI=1S/C14H10ClF3N6/c1-7-6-10(14(16,17)18)24-13(20-7)11(12(19)23-24)22-21-9-4-2-8(15)3-5-9/h2-6H,1H3,(H2,19,23). The average Bonchev–Trinajstić information content (AvgIpc) is 2.80. The minimum Gasteiger partial charge on any atom is -0.380 e. The van der Waals surface area contributed by atoms with Crippen LogP contribution in [0.4, 0.5) is 30.4 Å². The molecule has 0 saturated carbocycles. The highest BCUT2D eigenvalue weighted by Gasteiger charge is 2.35. The van der Waals surface area contributed by atoms with Crippen molar-refractivity contribution in [1.82, 2.24) is 14.6 Å². The van der Waals surface area contributed by atoms with E-state index in [0.29, 0.717) is 15.2 Å². The minimum absolute atomic E-state index is 0.0286.